The third-order valence-electron chi connectivity index (χ3n) is 5.47. The van der Waals surface area contributed by atoms with Gasteiger partial charge in [0.15, 0.2) is 5.01 Å². The highest BCUT2D eigenvalue weighted by Crippen LogP contribution is 2.34. The molecule has 1 aromatic carbocycles. The molecule has 158 valence electrons. The molecule has 3 N–H and O–H groups in total. The van der Waals surface area contributed by atoms with Crippen LogP contribution in [0.15, 0.2) is 60.9 Å². The number of benzene rings is 1. The molecule has 0 bridgehead atoms. The molecule has 1 aliphatic rings. The quantitative estimate of drug-likeness (QED) is 0.486. The van der Waals surface area contributed by atoms with E-state index in [1.807, 2.05) is 42.6 Å². The number of hydrogen-bond acceptors (Lipinski definition) is 6. The molecule has 1 amide bonds. The average Bonchev–Trinajstić information content (AvgIpc) is 3.46. The number of nitrogens with one attached hydrogen (secondary N) is 1. The van der Waals surface area contributed by atoms with E-state index in [-0.39, 0.29) is 18.0 Å². The van der Waals surface area contributed by atoms with Crippen molar-refractivity contribution in [2.24, 2.45) is 5.73 Å². The predicted octanol–water partition coefficient (Wildman–Crippen LogP) is 3.05. The molecule has 7 nitrogen and oxygen atoms in total. The number of aromatic nitrogens is 3. The molecule has 31 heavy (non-hydrogen) atoms. The number of carbonyl (C=O) groups excluding carboxylic acids is 1. The van der Waals surface area contributed by atoms with Crippen LogP contribution >= 0.6 is 22.9 Å². The zero-order valence-electron chi connectivity index (χ0n) is 16.6. The smallest absolute Gasteiger partial charge is 0.280 e. The lowest BCUT2D eigenvalue weighted by Crippen LogP contribution is -2.46. The van der Waals surface area contributed by atoms with Crippen molar-refractivity contribution in [3.63, 3.8) is 0 Å². The van der Waals surface area contributed by atoms with Gasteiger partial charge in [0, 0.05) is 37.4 Å². The van der Waals surface area contributed by atoms with Crippen LogP contribution in [0, 0.1) is 0 Å². The molecule has 3 aromatic heterocycles. The Balaban J connectivity index is 1.29. The van der Waals surface area contributed by atoms with Gasteiger partial charge in [-0.3, -0.25) is 9.69 Å². The second-order valence-corrected chi connectivity index (χ2v) is 9.25. The van der Waals surface area contributed by atoms with Crippen molar-refractivity contribution in [3.05, 3.63) is 75.8 Å². The molecule has 2 atom stereocenters. The summed E-state index contributed by atoms with van der Waals surface area (Å²) in [6.07, 6.45) is 3.57. The zero-order chi connectivity index (χ0) is 21.4. The molecule has 0 radical (unpaired) electrons. The van der Waals surface area contributed by atoms with Gasteiger partial charge in [-0.2, -0.15) is 5.10 Å². The first kappa shape index (κ1) is 20.1. The number of nitrogens with zero attached hydrogens (tertiary/aromatic N) is 4. The third kappa shape index (κ3) is 4.07. The minimum atomic E-state index is -0.253. The van der Waals surface area contributed by atoms with Gasteiger partial charge < -0.3 is 11.1 Å². The lowest BCUT2D eigenvalue weighted by molar-refractivity contribution is 0.0935. The van der Waals surface area contributed by atoms with Gasteiger partial charge >= 0.3 is 0 Å². The minimum Gasteiger partial charge on any atom is -0.344 e. The van der Waals surface area contributed by atoms with Crippen LogP contribution in [-0.4, -0.2) is 50.6 Å². The van der Waals surface area contributed by atoms with Crippen molar-refractivity contribution in [2.75, 3.05) is 13.1 Å². The summed E-state index contributed by atoms with van der Waals surface area (Å²) < 4.78 is 2.22. The fourth-order valence-electron chi connectivity index (χ4n) is 3.95. The molecule has 9 heteroatoms. The van der Waals surface area contributed by atoms with Crippen LogP contribution in [0.3, 0.4) is 0 Å². The maximum absolute atomic E-state index is 12.9. The molecule has 4 aromatic rings. The van der Waals surface area contributed by atoms with Crippen LogP contribution in [0.25, 0.3) is 16.8 Å². The molecule has 1 fully saturated rings. The van der Waals surface area contributed by atoms with Crippen LogP contribution < -0.4 is 11.1 Å². The Morgan fingerprint density at radius 3 is 2.84 bits per heavy atom. The third-order valence-corrected chi connectivity index (χ3v) is 6.72. The number of carbonyl (C=O) groups is 1. The summed E-state index contributed by atoms with van der Waals surface area (Å²) in [6, 6.07) is 15.7. The lowest BCUT2D eigenvalue weighted by Gasteiger charge is -2.16. The van der Waals surface area contributed by atoms with E-state index in [4.69, 9.17) is 17.3 Å². The first-order valence-corrected chi connectivity index (χ1v) is 11.2. The number of thiazole rings is 1. The Labute approximate surface area is 188 Å². The zero-order valence-corrected chi connectivity index (χ0v) is 18.2. The summed E-state index contributed by atoms with van der Waals surface area (Å²) in [5.74, 6) is -0.253. The molecule has 1 aliphatic heterocycles. The largest absolute Gasteiger partial charge is 0.344 e. The van der Waals surface area contributed by atoms with Gasteiger partial charge in [0.25, 0.3) is 5.91 Å². The van der Waals surface area contributed by atoms with Crippen LogP contribution in [-0.2, 0) is 6.54 Å². The minimum absolute atomic E-state index is 0.137. The standard InChI is InChI=1S/C22H21ClN6OS/c23-20-19(15-10-25-29-9-5-4-8-18(15)29)27-22(31-20)21(30)26-17-13-28(12-16(17)24)11-14-6-2-1-3-7-14/h1-10,16-17H,11-13,24H2,(H,26,30)/t16-,17-/m1/s1. The Morgan fingerprint density at radius 1 is 1.19 bits per heavy atom. The van der Waals surface area contributed by atoms with Gasteiger partial charge in [-0.05, 0) is 17.7 Å². The van der Waals surface area contributed by atoms with Crippen molar-refractivity contribution in [3.8, 4) is 11.3 Å². The molecular weight excluding hydrogens is 432 g/mol. The normalized spacial score (nSPS) is 19.2. The van der Waals surface area contributed by atoms with Crippen molar-refractivity contribution in [2.45, 2.75) is 18.6 Å². The van der Waals surface area contributed by atoms with Crippen molar-refractivity contribution in [1.29, 1.82) is 0 Å². The maximum atomic E-state index is 12.9. The monoisotopic (exact) mass is 452 g/mol. The highest BCUT2D eigenvalue weighted by molar-refractivity contribution is 7.18. The number of fused-ring (bicyclic) bond motifs is 1. The summed E-state index contributed by atoms with van der Waals surface area (Å²) >= 11 is 7.61. The Morgan fingerprint density at radius 2 is 2.00 bits per heavy atom. The van der Waals surface area contributed by atoms with E-state index in [0.29, 0.717) is 21.6 Å². The number of halogens is 1. The van der Waals surface area contributed by atoms with Crippen LogP contribution in [0.5, 0.6) is 0 Å². The van der Waals surface area contributed by atoms with Crippen LogP contribution in [0.1, 0.15) is 15.4 Å². The van der Waals surface area contributed by atoms with Gasteiger partial charge in [0.2, 0.25) is 0 Å². The number of pyridine rings is 1. The number of rotatable bonds is 5. The summed E-state index contributed by atoms with van der Waals surface area (Å²) in [7, 11) is 0. The van der Waals surface area contributed by atoms with Crippen molar-refractivity contribution >= 4 is 34.4 Å². The second kappa shape index (κ2) is 8.39. The summed E-state index contributed by atoms with van der Waals surface area (Å²) in [5, 5.41) is 7.70. The Hall–Kier alpha value is -2.78. The van der Waals surface area contributed by atoms with E-state index in [0.717, 1.165) is 24.2 Å². The van der Waals surface area contributed by atoms with E-state index >= 15 is 0 Å². The van der Waals surface area contributed by atoms with Gasteiger partial charge in [-0.1, -0.05) is 59.3 Å². The topological polar surface area (TPSA) is 88.5 Å². The SMILES string of the molecule is N[C@@H]1CN(Cc2ccccc2)C[C@H]1NC(=O)c1nc(-c2cnn3ccccc23)c(Cl)s1. The first-order chi connectivity index (χ1) is 15.1. The maximum Gasteiger partial charge on any atom is 0.280 e. The molecule has 0 unspecified atom stereocenters. The van der Waals surface area contributed by atoms with Gasteiger partial charge in [0.05, 0.1) is 17.8 Å². The second-order valence-electron chi connectivity index (χ2n) is 7.65. The Bertz CT molecular complexity index is 1220. The summed E-state index contributed by atoms with van der Waals surface area (Å²) in [4.78, 5) is 19.7. The number of hydrogen-bond donors (Lipinski definition) is 2. The fraction of sp³-hybridized carbons (Fsp3) is 0.227. The van der Waals surface area contributed by atoms with E-state index in [2.05, 4.69) is 32.4 Å². The molecule has 4 heterocycles. The van der Waals surface area contributed by atoms with Gasteiger partial charge in [-0.15, -0.1) is 0 Å². The molecule has 0 aliphatic carbocycles. The summed E-state index contributed by atoms with van der Waals surface area (Å²) in [5.41, 5.74) is 9.79. The Kier molecular flexibility index (Phi) is 5.45. The highest BCUT2D eigenvalue weighted by Gasteiger charge is 2.32. The lowest BCUT2D eigenvalue weighted by atomic mass is 10.2. The van der Waals surface area contributed by atoms with E-state index in [1.54, 1.807) is 10.7 Å². The number of likely N-dealkylation sites (tertiary alicyclic amines) is 1. The molecule has 1 saturated heterocycles. The summed E-state index contributed by atoms with van der Waals surface area (Å²) in [6.45, 7) is 2.23. The molecule has 0 saturated carbocycles. The van der Waals surface area contributed by atoms with Crippen molar-refractivity contribution < 1.29 is 4.79 Å². The highest BCUT2D eigenvalue weighted by atomic mass is 35.5. The fourth-order valence-corrected chi connectivity index (χ4v) is 5.02. The number of nitrogens with two attached hydrogens (primary N) is 1. The van der Waals surface area contributed by atoms with Gasteiger partial charge in [0.1, 0.15) is 10.0 Å². The van der Waals surface area contributed by atoms with Gasteiger partial charge in [-0.25, -0.2) is 9.50 Å². The van der Waals surface area contributed by atoms with E-state index in [9.17, 15) is 4.79 Å². The van der Waals surface area contributed by atoms with Crippen LogP contribution in [0.4, 0.5) is 0 Å². The average molecular weight is 453 g/mol. The first-order valence-electron chi connectivity index (χ1n) is 10.0. The molecule has 0 spiro atoms. The molecular formula is C22H21ClN6OS. The van der Waals surface area contributed by atoms with E-state index < -0.39 is 0 Å². The van der Waals surface area contributed by atoms with E-state index in [1.165, 1.54) is 16.9 Å². The molecule has 5 rings (SSSR count). The predicted molar refractivity (Wildman–Crippen MR) is 122 cm³/mol. The number of amides is 1. The van der Waals surface area contributed by atoms with Crippen LogP contribution in [0.2, 0.25) is 4.34 Å². The van der Waals surface area contributed by atoms with Crippen molar-refractivity contribution in [1.82, 2.24) is 24.8 Å².